The fourth-order valence-electron chi connectivity index (χ4n) is 2.44. The second-order valence-corrected chi connectivity index (χ2v) is 5.90. The third-order valence-corrected chi connectivity index (χ3v) is 3.28. The number of aryl methyl sites for hydroxylation is 1. The van der Waals surface area contributed by atoms with Crippen LogP contribution < -0.4 is 0 Å². The molecule has 0 nitrogen and oxygen atoms in total. The lowest BCUT2D eigenvalue weighted by molar-refractivity contribution is 0.578. The van der Waals surface area contributed by atoms with E-state index in [0.29, 0.717) is 0 Å². The molecule has 0 aliphatic rings. The summed E-state index contributed by atoms with van der Waals surface area (Å²) in [5.41, 5.74) is 4.91. The van der Waals surface area contributed by atoms with Crippen LogP contribution in [0, 0.1) is 6.92 Å². The highest BCUT2D eigenvalue weighted by Gasteiger charge is 2.19. The minimum absolute atomic E-state index is 0.250. The summed E-state index contributed by atoms with van der Waals surface area (Å²) in [5, 5.41) is 0. The van der Waals surface area contributed by atoms with Gasteiger partial charge in [-0.05, 0) is 41.4 Å². The van der Waals surface area contributed by atoms with Crippen LogP contribution >= 0.6 is 0 Å². The van der Waals surface area contributed by atoms with Crippen molar-refractivity contribution in [2.75, 3.05) is 0 Å². The van der Waals surface area contributed by atoms with Crippen molar-refractivity contribution in [2.45, 2.75) is 65.2 Å². The number of hydrogen-bond acceptors (Lipinski definition) is 0. The van der Waals surface area contributed by atoms with Gasteiger partial charge in [0.2, 0.25) is 0 Å². The molecule has 0 atom stereocenters. The standard InChI is InChI=1S/C17H27/c1-6-8-12-15-14(10-7-2)11-9-13-16(15)17(3,4)5/h9,11,13H,1,6-8,10,12H2,2-5H3. The molecule has 1 rings (SSSR count). The molecule has 0 heteroatoms. The van der Waals surface area contributed by atoms with Gasteiger partial charge in [0.25, 0.3) is 0 Å². The van der Waals surface area contributed by atoms with E-state index in [1.165, 1.54) is 31.2 Å². The number of rotatable bonds is 5. The highest BCUT2D eigenvalue weighted by atomic mass is 14.2. The van der Waals surface area contributed by atoms with Gasteiger partial charge in [0.1, 0.15) is 0 Å². The molecule has 1 radical (unpaired) electrons. The predicted molar refractivity (Wildman–Crippen MR) is 77.4 cm³/mol. The smallest absolute Gasteiger partial charge is 0.0129 e. The van der Waals surface area contributed by atoms with E-state index in [-0.39, 0.29) is 5.41 Å². The van der Waals surface area contributed by atoms with Crippen LogP contribution in [0.15, 0.2) is 18.2 Å². The van der Waals surface area contributed by atoms with Crippen LogP contribution in [0.25, 0.3) is 0 Å². The Morgan fingerprint density at radius 1 is 1.12 bits per heavy atom. The van der Waals surface area contributed by atoms with Gasteiger partial charge in [-0.2, -0.15) is 0 Å². The monoisotopic (exact) mass is 231 g/mol. The van der Waals surface area contributed by atoms with Gasteiger partial charge in [0.15, 0.2) is 0 Å². The second kappa shape index (κ2) is 6.23. The molecule has 0 N–H and O–H groups in total. The van der Waals surface area contributed by atoms with Crippen molar-refractivity contribution in [1.82, 2.24) is 0 Å². The van der Waals surface area contributed by atoms with Crippen molar-refractivity contribution in [3.63, 3.8) is 0 Å². The van der Waals surface area contributed by atoms with Crippen LogP contribution in [0.1, 0.15) is 63.6 Å². The summed E-state index contributed by atoms with van der Waals surface area (Å²) in [4.78, 5) is 0. The van der Waals surface area contributed by atoms with E-state index in [9.17, 15) is 0 Å². The Balaban J connectivity index is 3.14. The first kappa shape index (κ1) is 14.3. The molecule has 0 aromatic heterocycles. The highest BCUT2D eigenvalue weighted by Crippen LogP contribution is 2.29. The van der Waals surface area contributed by atoms with Crippen molar-refractivity contribution in [2.24, 2.45) is 0 Å². The van der Waals surface area contributed by atoms with E-state index in [0.717, 1.165) is 6.42 Å². The molecule has 0 unspecified atom stereocenters. The van der Waals surface area contributed by atoms with Gasteiger partial charge in [0, 0.05) is 0 Å². The Hall–Kier alpha value is -0.780. The molecule has 0 amide bonds. The molecule has 1 aromatic rings. The first-order chi connectivity index (χ1) is 8.00. The predicted octanol–water partition coefficient (Wildman–Crippen LogP) is 5.09. The van der Waals surface area contributed by atoms with Gasteiger partial charge in [-0.25, -0.2) is 0 Å². The van der Waals surface area contributed by atoms with E-state index in [2.05, 4.69) is 52.8 Å². The molecule has 0 aliphatic carbocycles. The topological polar surface area (TPSA) is 0 Å². The summed E-state index contributed by atoms with van der Waals surface area (Å²) in [6.07, 6.45) is 5.85. The van der Waals surface area contributed by atoms with Crippen molar-refractivity contribution in [1.29, 1.82) is 0 Å². The Morgan fingerprint density at radius 2 is 1.82 bits per heavy atom. The van der Waals surface area contributed by atoms with Gasteiger partial charge >= 0.3 is 0 Å². The molecule has 0 saturated heterocycles. The third kappa shape index (κ3) is 3.87. The third-order valence-electron chi connectivity index (χ3n) is 3.28. The summed E-state index contributed by atoms with van der Waals surface area (Å²) < 4.78 is 0. The molecule has 17 heavy (non-hydrogen) atoms. The molecule has 95 valence electrons. The normalized spacial score (nSPS) is 11.8. The molecule has 0 fully saturated rings. The summed E-state index contributed by atoms with van der Waals surface area (Å²) in [6.45, 7) is 13.2. The minimum Gasteiger partial charge on any atom is -0.0651 e. The lowest BCUT2D eigenvalue weighted by Crippen LogP contribution is -2.15. The van der Waals surface area contributed by atoms with E-state index in [1.54, 1.807) is 11.1 Å². The maximum atomic E-state index is 3.97. The zero-order valence-corrected chi connectivity index (χ0v) is 12.0. The van der Waals surface area contributed by atoms with Crippen LogP contribution in [-0.2, 0) is 18.3 Å². The Bertz CT molecular complexity index is 342. The van der Waals surface area contributed by atoms with Gasteiger partial charge < -0.3 is 0 Å². The van der Waals surface area contributed by atoms with E-state index in [4.69, 9.17) is 0 Å². The SMILES string of the molecule is [CH2]CCCc1c(CCC)cccc1C(C)(C)C. The molecular formula is C17H27. The van der Waals surface area contributed by atoms with Gasteiger partial charge in [-0.1, -0.05) is 65.7 Å². The largest absolute Gasteiger partial charge is 0.0651 e. The average molecular weight is 231 g/mol. The maximum absolute atomic E-state index is 3.97. The van der Waals surface area contributed by atoms with E-state index >= 15 is 0 Å². The summed E-state index contributed by atoms with van der Waals surface area (Å²) >= 11 is 0. The quantitative estimate of drug-likeness (QED) is 0.662. The van der Waals surface area contributed by atoms with Crippen LogP contribution in [0.5, 0.6) is 0 Å². The fraction of sp³-hybridized carbons (Fsp3) is 0.588. The molecule has 1 aromatic carbocycles. The summed E-state index contributed by atoms with van der Waals surface area (Å²) in [5.74, 6) is 0. The lowest BCUT2D eigenvalue weighted by atomic mass is 9.80. The van der Waals surface area contributed by atoms with Gasteiger partial charge in [-0.15, -0.1) is 0 Å². The summed E-state index contributed by atoms with van der Waals surface area (Å²) in [6, 6.07) is 6.83. The van der Waals surface area contributed by atoms with Crippen molar-refractivity contribution < 1.29 is 0 Å². The first-order valence-electron chi connectivity index (χ1n) is 6.91. The van der Waals surface area contributed by atoms with Gasteiger partial charge in [-0.3, -0.25) is 0 Å². The van der Waals surface area contributed by atoms with E-state index < -0.39 is 0 Å². The summed E-state index contributed by atoms with van der Waals surface area (Å²) in [7, 11) is 0. The average Bonchev–Trinajstić information content (AvgIpc) is 2.26. The molecule has 0 bridgehead atoms. The minimum atomic E-state index is 0.250. The van der Waals surface area contributed by atoms with Crippen LogP contribution in [0.3, 0.4) is 0 Å². The molecule has 0 spiro atoms. The Kier molecular flexibility index (Phi) is 5.24. The number of hydrogen-bond donors (Lipinski definition) is 0. The highest BCUT2D eigenvalue weighted by molar-refractivity contribution is 5.39. The van der Waals surface area contributed by atoms with Gasteiger partial charge in [0.05, 0.1) is 0 Å². The zero-order chi connectivity index (χ0) is 12.9. The lowest BCUT2D eigenvalue weighted by Gasteiger charge is -2.25. The number of unbranched alkanes of at least 4 members (excludes halogenated alkanes) is 1. The molecule has 0 aliphatic heterocycles. The second-order valence-electron chi connectivity index (χ2n) is 5.90. The van der Waals surface area contributed by atoms with Crippen LogP contribution in [0.4, 0.5) is 0 Å². The van der Waals surface area contributed by atoms with Crippen molar-refractivity contribution in [3.8, 4) is 0 Å². The zero-order valence-electron chi connectivity index (χ0n) is 12.0. The first-order valence-corrected chi connectivity index (χ1v) is 6.91. The number of benzene rings is 1. The van der Waals surface area contributed by atoms with Crippen molar-refractivity contribution >= 4 is 0 Å². The fourth-order valence-corrected chi connectivity index (χ4v) is 2.44. The van der Waals surface area contributed by atoms with Crippen molar-refractivity contribution in [3.05, 3.63) is 41.8 Å². The Morgan fingerprint density at radius 3 is 2.35 bits per heavy atom. The Labute approximate surface area is 107 Å². The molecule has 0 heterocycles. The van der Waals surface area contributed by atoms with E-state index in [1.807, 2.05) is 0 Å². The maximum Gasteiger partial charge on any atom is -0.0129 e. The van der Waals surface area contributed by atoms with Crippen LogP contribution in [0.2, 0.25) is 0 Å². The van der Waals surface area contributed by atoms with Crippen LogP contribution in [-0.4, -0.2) is 0 Å². The molecular weight excluding hydrogens is 204 g/mol. The molecule has 0 saturated carbocycles.